The summed E-state index contributed by atoms with van der Waals surface area (Å²) < 4.78 is 4.74. The van der Waals surface area contributed by atoms with E-state index in [0.717, 1.165) is 0 Å². The van der Waals surface area contributed by atoms with Gasteiger partial charge in [-0.1, -0.05) is 5.16 Å². The molecule has 0 fully saturated rings. The van der Waals surface area contributed by atoms with Crippen molar-refractivity contribution in [1.82, 2.24) is 20.0 Å². The summed E-state index contributed by atoms with van der Waals surface area (Å²) in [6, 6.07) is 1.37. The standard InChI is InChI=1S/C12H14N4O3/c1-7(10-4-5-19-15-10)16(3)12(18)9-6-13-8(2)14-11(9)17/h4-7H,1-3H3,(H,13,14,17)/t7-/m1/s1. The van der Waals surface area contributed by atoms with E-state index in [1.165, 1.54) is 17.4 Å². The van der Waals surface area contributed by atoms with Crippen LogP contribution in [0.5, 0.6) is 0 Å². The molecule has 19 heavy (non-hydrogen) atoms. The second-order valence-electron chi connectivity index (χ2n) is 4.23. The molecule has 0 aliphatic carbocycles. The van der Waals surface area contributed by atoms with E-state index < -0.39 is 11.5 Å². The molecule has 7 nitrogen and oxygen atoms in total. The molecule has 1 atom stereocenters. The molecule has 2 aromatic rings. The van der Waals surface area contributed by atoms with Crippen molar-refractivity contribution in [2.75, 3.05) is 7.05 Å². The van der Waals surface area contributed by atoms with Gasteiger partial charge in [0, 0.05) is 19.3 Å². The number of hydrogen-bond acceptors (Lipinski definition) is 5. The predicted molar refractivity (Wildman–Crippen MR) is 66.6 cm³/mol. The van der Waals surface area contributed by atoms with Gasteiger partial charge in [0.2, 0.25) is 0 Å². The SMILES string of the molecule is Cc1ncc(C(=O)N(C)[C@H](C)c2ccon2)c(=O)[nH]1. The maximum absolute atomic E-state index is 12.2. The van der Waals surface area contributed by atoms with Crippen molar-refractivity contribution in [3.63, 3.8) is 0 Å². The summed E-state index contributed by atoms with van der Waals surface area (Å²) in [6.07, 6.45) is 2.72. The van der Waals surface area contributed by atoms with E-state index in [4.69, 9.17) is 4.52 Å². The number of aromatic amines is 1. The molecule has 1 N–H and O–H groups in total. The Morgan fingerprint density at radius 2 is 2.26 bits per heavy atom. The molecule has 0 aliphatic heterocycles. The Hall–Kier alpha value is -2.44. The number of aromatic nitrogens is 3. The Kier molecular flexibility index (Phi) is 3.46. The first-order valence-electron chi connectivity index (χ1n) is 5.74. The van der Waals surface area contributed by atoms with Crippen LogP contribution >= 0.6 is 0 Å². The first-order chi connectivity index (χ1) is 9.00. The zero-order valence-corrected chi connectivity index (χ0v) is 10.9. The summed E-state index contributed by atoms with van der Waals surface area (Å²) in [6.45, 7) is 3.45. The smallest absolute Gasteiger partial charge is 0.263 e. The van der Waals surface area contributed by atoms with E-state index in [2.05, 4.69) is 15.1 Å². The quantitative estimate of drug-likeness (QED) is 0.887. The summed E-state index contributed by atoms with van der Waals surface area (Å²) >= 11 is 0. The van der Waals surface area contributed by atoms with Gasteiger partial charge in [0.05, 0.1) is 6.04 Å². The van der Waals surface area contributed by atoms with Gasteiger partial charge in [-0.05, 0) is 13.8 Å². The van der Waals surface area contributed by atoms with E-state index in [1.54, 1.807) is 27.0 Å². The normalized spacial score (nSPS) is 12.2. The van der Waals surface area contributed by atoms with Gasteiger partial charge in [0.25, 0.3) is 11.5 Å². The second kappa shape index (κ2) is 5.05. The first kappa shape index (κ1) is 13.0. The van der Waals surface area contributed by atoms with Crippen molar-refractivity contribution in [2.45, 2.75) is 19.9 Å². The topological polar surface area (TPSA) is 92.1 Å². The Bertz CT molecular complexity index is 633. The fourth-order valence-electron chi connectivity index (χ4n) is 1.64. The number of nitrogens with one attached hydrogen (secondary N) is 1. The van der Waals surface area contributed by atoms with Crippen LogP contribution in [0.2, 0.25) is 0 Å². The maximum atomic E-state index is 12.2. The van der Waals surface area contributed by atoms with Crippen molar-refractivity contribution < 1.29 is 9.32 Å². The molecule has 0 spiro atoms. The second-order valence-corrected chi connectivity index (χ2v) is 4.23. The minimum absolute atomic E-state index is 0.00319. The Morgan fingerprint density at radius 1 is 1.53 bits per heavy atom. The van der Waals surface area contributed by atoms with E-state index in [0.29, 0.717) is 11.5 Å². The van der Waals surface area contributed by atoms with Gasteiger partial charge in [-0.2, -0.15) is 0 Å². The molecule has 2 rings (SSSR count). The first-order valence-corrected chi connectivity index (χ1v) is 5.74. The van der Waals surface area contributed by atoms with Gasteiger partial charge in [0.15, 0.2) is 0 Å². The largest absolute Gasteiger partial charge is 0.364 e. The number of carbonyl (C=O) groups excluding carboxylic acids is 1. The lowest BCUT2D eigenvalue weighted by Gasteiger charge is -2.22. The number of H-pyrrole nitrogens is 1. The lowest BCUT2D eigenvalue weighted by Crippen LogP contribution is -2.34. The van der Waals surface area contributed by atoms with Crippen LogP contribution in [0.25, 0.3) is 0 Å². The molecular weight excluding hydrogens is 248 g/mol. The van der Waals surface area contributed by atoms with E-state index in [9.17, 15) is 9.59 Å². The summed E-state index contributed by atoms with van der Waals surface area (Å²) in [7, 11) is 1.60. The zero-order chi connectivity index (χ0) is 14.0. The number of aryl methyl sites for hydroxylation is 1. The Labute approximate surface area is 109 Å². The highest BCUT2D eigenvalue weighted by Crippen LogP contribution is 2.17. The monoisotopic (exact) mass is 262 g/mol. The van der Waals surface area contributed by atoms with Gasteiger partial charge in [-0.25, -0.2) is 4.98 Å². The minimum Gasteiger partial charge on any atom is -0.364 e. The molecule has 1 amide bonds. The molecule has 100 valence electrons. The van der Waals surface area contributed by atoms with Crippen molar-refractivity contribution >= 4 is 5.91 Å². The predicted octanol–water partition coefficient (Wildman–Crippen LogP) is 0.900. The van der Waals surface area contributed by atoms with Crippen LogP contribution in [0.3, 0.4) is 0 Å². The highest BCUT2D eigenvalue weighted by molar-refractivity contribution is 5.93. The fraction of sp³-hybridized carbons (Fsp3) is 0.333. The number of nitrogens with zero attached hydrogens (tertiary/aromatic N) is 3. The summed E-state index contributed by atoms with van der Waals surface area (Å²) in [5.41, 5.74) is 0.174. The Balaban J connectivity index is 2.26. The van der Waals surface area contributed by atoms with Crippen LogP contribution in [0.15, 0.2) is 27.8 Å². The minimum atomic E-state index is -0.447. The number of rotatable bonds is 3. The van der Waals surface area contributed by atoms with Crippen LogP contribution in [-0.4, -0.2) is 33.0 Å². The van der Waals surface area contributed by atoms with Gasteiger partial charge in [-0.3, -0.25) is 9.59 Å². The highest BCUT2D eigenvalue weighted by atomic mass is 16.5. The molecule has 0 radical (unpaired) electrons. The van der Waals surface area contributed by atoms with Crippen molar-refractivity contribution in [2.24, 2.45) is 0 Å². The zero-order valence-electron chi connectivity index (χ0n) is 10.9. The third kappa shape index (κ3) is 2.54. The van der Waals surface area contributed by atoms with Crippen LogP contribution in [-0.2, 0) is 0 Å². The average Bonchev–Trinajstić information content (AvgIpc) is 2.90. The van der Waals surface area contributed by atoms with E-state index in [-0.39, 0.29) is 11.6 Å². The number of amides is 1. The lowest BCUT2D eigenvalue weighted by atomic mass is 10.2. The molecule has 0 bridgehead atoms. The van der Waals surface area contributed by atoms with Crippen molar-refractivity contribution in [1.29, 1.82) is 0 Å². The van der Waals surface area contributed by atoms with Gasteiger partial charge in [-0.15, -0.1) is 0 Å². The average molecular weight is 262 g/mol. The molecule has 2 heterocycles. The molecule has 2 aromatic heterocycles. The fourth-order valence-corrected chi connectivity index (χ4v) is 1.64. The third-order valence-corrected chi connectivity index (χ3v) is 2.94. The van der Waals surface area contributed by atoms with E-state index in [1.807, 2.05) is 0 Å². The summed E-state index contributed by atoms with van der Waals surface area (Å²) in [5, 5.41) is 3.78. The molecule has 0 saturated carbocycles. The lowest BCUT2D eigenvalue weighted by molar-refractivity contribution is 0.0735. The van der Waals surface area contributed by atoms with Crippen molar-refractivity contribution in [3.05, 3.63) is 46.0 Å². The molecule has 0 unspecified atom stereocenters. The summed E-state index contributed by atoms with van der Waals surface area (Å²) in [5.74, 6) is 0.0537. The Morgan fingerprint density at radius 3 is 2.84 bits per heavy atom. The number of carbonyl (C=O) groups is 1. The molecule has 7 heteroatoms. The molecule has 0 aromatic carbocycles. The van der Waals surface area contributed by atoms with Gasteiger partial charge >= 0.3 is 0 Å². The van der Waals surface area contributed by atoms with Crippen LogP contribution in [0.1, 0.15) is 34.8 Å². The van der Waals surface area contributed by atoms with Crippen LogP contribution < -0.4 is 5.56 Å². The molecular formula is C12H14N4O3. The van der Waals surface area contributed by atoms with Crippen molar-refractivity contribution in [3.8, 4) is 0 Å². The highest BCUT2D eigenvalue weighted by Gasteiger charge is 2.23. The third-order valence-electron chi connectivity index (χ3n) is 2.94. The van der Waals surface area contributed by atoms with Gasteiger partial charge < -0.3 is 14.4 Å². The van der Waals surface area contributed by atoms with Crippen LogP contribution in [0, 0.1) is 6.92 Å². The van der Waals surface area contributed by atoms with E-state index >= 15 is 0 Å². The summed E-state index contributed by atoms with van der Waals surface area (Å²) in [4.78, 5) is 31.8. The van der Waals surface area contributed by atoms with Crippen LogP contribution in [0.4, 0.5) is 0 Å². The maximum Gasteiger partial charge on any atom is 0.263 e. The molecule has 0 aliphatic rings. The molecule has 0 saturated heterocycles. The van der Waals surface area contributed by atoms with Gasteiger partial charge in [0.1, 0.15) is 23.3 Å². The number of hydrogen-bond donors (Lipinski definition) is 1.